The van der Waals surface area contributed by atoms with Gasteiger partial charge < -0.3 is 28.3 Å². The lowest BCUT2D eigenvalue weighted by atomic mass is 10.1. The zero-order valence-corrected chi connectivity index (χ0v) is 19.3. The van der Waals surface area contributed by atoms with Crippen LogP contribution in [-0.2, 0) is 46.3 Å². The largest absolute Gasteiger partial charge is 0.750 e. The zero-order chi connectivity index (χ0) is 24.0. The Balaban J connectivity index is 0. The van der Waals surface area contributed by atoms with Crippen LogP contribution in [0.2, 0.25) is 0 Å². The van der Waals surface area contributed by atoms with Gasteiger partial charge in [-0.15, -0.1) is 0 Å². The van der Waals surface area contributed by atoms with Gasteiger partial charge in [0.05, 0.1) is 53.7 Å². The van der Waals surface area contributed by atoms with E-state index in [0.29, 0.717) is 24.4 Å². The minimum atomic E-state index is -2.86. The first-order chi connectivity index (χ1) is 14.6. The van der Waals surface area contributed by atoms with E-state index >= 15 is 0 Å². The number of benzene rings is 1. The highest BCUT2D eigenvalue weighted by Gasteiger charge is 2.17. The first-order valence-corrected chi connectivity index (χ1v) is 11.1. The van der Waals surface area contributed by atoms with Gasteiger partial charge in [-0.2, -0.15) is 10.4 Å². The smallest absolute Gasteiger partial charge is 0.171 e. The number of hydrogen-bond donors (Lipinski definition) is 2. The second kappa shape index (κ2) is 17.4. The number of ether oxygens (including phenoxy) is 1. The predicted octanol–water partition coefficient (Wildman–Crippen LogP) is 2.34. The molecule has 0 aliphatic heterocycles. The molecule has 0 aliphatic rings. The molecule has 1 heterocycles. The van der Waals surface area contributed by atoms with E-state index in [4.69, 9.17) is 37.8 Å². The summed E-state index contributed by atoms with van der Waals surface area (Å²) in [5, 5.41) is 13.7. The number of aromatic nitrogens is 2. The van der Waals surface area contributed by atoms with Gasteiger partial charge in [0.25, 0.3) is 0 Å². The van der Waals surface area contributed by atoms with Gasteiger partial charge in [0, 0.05) is 6.54 Å². The Morgan fingerprint density at radius 1 is 1.25 bits per heavy atom. The third-order valence-electron chi connectivity index (χ3n) is 3.62. The Morgan fingerprint density at radius 2 is 1.81 bits per heavy atom. The van der Waals surface area contributed by atoms with E-state index in [1.165, 1.54) is 0 Å². The van der Waals surface area contributed by atoms with Crippen molar-refractivity contribution in [3.63, 3.8) is 0 Å². The molecule has 2 aromatic rings. The molecule has 0 aliphatic carbocycles. The summed E-state index contributed by atoms with van der Waals surface area (Å²) in [5.41, 5.74) is 9.22. The van der Waals surface area contributed by atoms with Crippen molar-refractivity contribution in [3.8, 4) is 17.6 Å². The molecule has 1 aromatic carbocycles. The molecule has 0 saturated heterocycles. The molecule has 0 fully saturated rings. The summed E-state index contributed by atoms with van der Waals surface area (Å²) in [5.74, 6) is 1.47. The second-order valence-corrected chi connectivity index (χ2v) is 6.95. The molecule has 2 atom stereocenters. The Labute approximate surface area is 194 Å². The fourth-order valence-electron chi connectivity index (χ4n) is 2.52. The van der Waals surface area contributed by atoms with Crippen LogP contribution in [0.15, 0.2) is 18.2 Å². The van der Waals surface area contributed by atoms with Gasteiger partial charge in [-0.1, -0.05) is 21.3 Å². The van der Waals surface area contributed by atoms with Crippen LogP contribution in [0.3, 0.4) is 0 Å². The predicted molar refractivity (Wildman–Crippen MR) is 120 cm³/mol. The minimum absolute atomic E-state index is 0. The summed E-state index contributed by atoms with van der Waals surface area (Å²) in [6.45, 7) is 7.30. The molecule has 2 rings (SSSR count). The molecular weight excluding hydrogens is 460 g/mol. The van der Waals surface area contributed by atoms with Gasteiger partial charge >= 0.3 is 0 Å². The highest BCUT2D eigenvalue weighted by Crippen LogP contribution is 2.31. The highest BCUT2D eigenvalue weighted by molar-refractivity contribution is 7.74. The zero-order valence-electron chi connectivity index (χ0n) is 17.7. The molecule has 0 radical (unpaired) electrons. The summed E-state index contributed by atoms with van der Waals surface area (Å²) < 4.78 is 54.1. The molecule has 2 unspecified atom stereocenters. The highest BCUT2D eigenvalue weighted by atomic mass is 32.2. The molecule has 1 aromatic heterocycles. The number of rotatable bonds is 7. The average molecular weight is 491 g/mol. The lowest BCUT2D eigenvalue weighted by Gasteiger charge is -2.10. The van der Waals surface area contributed by atoms with Crippen LogP contribution in [0.5, 0.6) is 11.5 Å². The normalized spacial score (nSPS) is 11.5. The summed E-state index contributed by atoms with van der Waals surface area (Å²) >= 11 is -5.18. The fourth-order valence-corrected chi connectivity index (χ4v) is 2.52. The molecule has 3 N–H and O–H groups in total. The van der Waals surface area contributed by atoms with Crippen LogP contribution in [0, 0.1) is 18.3 Å². The van der Waals surface area contributed by atoms with Crippen molar-refractivity contribution in [3.05, 3.63) is 40.7 Å². The summed E-state index contributed by atoms with van der Waals surface area (Å²) in [6, 6.07) is 7.69. The molecule has 0 saturated carbocycles. The Kier molecular flexibility index (Phi) is 17.4. The van der Waals surface area contributed by atoms with Gasteiger partial charge in [-0.05, 0) is 43.5 Å². The van der Waals surface area contributed by atoms with Crippen LogP contribution in [0.1, 0.15) is 43.8 Å². The van der Waals surface area contributed by atoms with E-state index in [1.54, 1.807) is 6.07 Å². The van der Waals surface area contributed by atoms with Crippen molar-refractivity contribution in [1.82, 2.24) is 9.78 Å². The fraction of sp³-hybridized carbons (Fsp3) is 0.474. The van der Waals surface area contributed by atoms with E-state index in [-0.39, 0.29) is 7.43 Å². The molecule has 0 bridgehead atoms. The van der Waals surface area contributed by atoms with Crippen LogP contribution in [-0.4, -0.2) is 45.5 Å². The maximum Gasteiger partial charge on any atom is 0.171 e. The Bertz CT molecular complexity index is 910. The molecule has 0 spiro atoms. The Hall–Kier alpha value is -2.18. The number of nitrogens with two attached hydrogens (primary N) is 1. The molecule has 13 heteroatoms. The molecule has 11 nitrogen and oxygen atoms in total. The minimum Gasteiger partial charge on any atom is -0.750 e. The maximum absolute atomic E-state index is 9.15. The quantitative estimate of drug-likeness (QED) is 0.545. The van der Waals surface area contributed by atoms with Crippen molar-refractivity contribution < 1.29 is 31.0 Å². The number of nitriles is 1. The summed E-state index contributed by atoms with van der Waals surface area (Å²) in [4.78, 5) is 0. The van der Waals surface area contributed by atoms with Crippen molar-refractivity contribution in [2.45, 2.75) is 47.6 Å². The van der Waals surface area contributed by atoms with E-state index in [0.717, 1.165) is 42.7 Å². The van der Waals surface area contributed by atoms with Gasteiger partial charge in [0.15, 0.2) is 5.75 Å². The molecule has 0 amide bonds. The van der Waals surface area contributed by atoms with Crippen molar-refractivity contribution >= 4 is 22.7 Å². The van der Waals surface area contributed by atoms with Crippen LogP contribution in [0.25, 0.3) is 0 Å². The molecule has 32 heavy (non-hydrogen) atoms. The van der Waals surface area contributed by atoms with E-state index in [2.05, 4.69) is 29.2 Å². The molecular formula is C19H30N4O7S2-2. The van der Waals surface area contributed by atoms with E-state index in [1.807, 2.05) is 23.7 Å². The SMILES string of the molecule is C.CCc1nn(CCN)c(CC)c1Oc1cc(C)cc(C#N)c1.COS(=O)[O-].O=S([O-])O. The lowest BCUT2D eigenvalue weighted by Crippen LogP contribution is -2.13. The van der Waals surface area contributed by atoms with Crippen molar-refractivity contribution in [1.29, 1.82) is 5.26 Å². The summed E-state index contributed by atoms with van der Waals surface area (Å²) in [6.07, 6.45) is 1.61. The van der Waals surface area contributed by atoms with Crippen molar-refractivity contribution in [2.75, 3.05) is 13.7 Å². The van der Waals surface area contributed by atoms with Gasteiger partial charge in [0.1, 0.15) is 11.4 Å². The van der Waals surface area contributed by atoms with Gasteiger partial charge in [0.2, 0.25) is 0 Å². The standard InChI is InChI=1S/C17H22N4O.CH4O3S.CH4.H2O3S/c1-4-15-17(16(5-2)21(20-15)7-6-18)22-14-9-12(3)8-13(10-14)11-19;1-4-5(2)3;;1-4(2)3/h8-10H,4-7,18H2,1-3H3;1H3,(H,2,3);1H4;(H2,1,2,3)/p-2. The number of hydrogen-bond acceptors (Lipinski definition) is 9. The van der Waals surface area contributed by atoms with Gasteiger partial charge in [-0.25, -0.2) is 8.42 Å². The third-order valence-corrected chi connectivity index (χ3v) is 3.90. The average Bonchev–Trinajstić information content (AvgIpc) is 3.03. The van der Waals surface area contributed by atoms with Crippen molar-refractivity contribution in [2.24, 2.45) is 5.73 Å². The first kappa shape index (κ1) is 32.0. The lowest BCUT2D eigenvalue weighted by molar-refractivity contribution is 0.368. The third kappa shape index (κ3) is 12.0. The van der Waals surface area contributed by atoms with Crippen LogP contribution in [0.4, 0.5) is 0 Å². The summed E-state index contributed by atoms with van der Waals surface area (Å²) in [7, 11) is 1.09. The second-order valence-electron chi connectivity index (χ2n) is 5.78. The van der Waals surface area contributed by atoms with E-state index in [9.17, 15) is 0 Å². The number of aryl methyl sites for hydroxylation is 2. The number of nitrogens with zero attached hydrogens (tertiary/aromatic N) is 3. The first-order valence-electron chi connectivity index (χ1n) is 9.03. The Morgan fingerprint density at radius 3 is 2.22 bits per heavy atom. The topological polar surface area (TPSA) is 187 Å². The monoisotopic (exact) mass is 490 g/mol. The van der Waals surface area contributed by atoms with E-state index < -0.39 is 22.7 Å². The molecule has 182 valence electrons. The van der Waals surface area contributed by atoms with Crippen LogP contribution >= 0.6 is 0 Å². The van der Waals surface area contributed by atoms with Crippen LogP contribution < -0.4 is 10.5 Å². The van der Waals surface area contributed by atoms with Gasteiger partial charge in [-0.3, -0.25) is 4.68 Å². The maximum atomic E-state index is 9.15.